The van der Waals surface area contributed by atoms with E-state index >= 15 is 0 Å². The van der Waals surface area contributed by atoms with E-state index in [9.17, 15) is 26.9 Å². The van der Waals surface area contributed by atoms with Crippen LogP contribution in [-0.4, -0.2) is 53.0 Å². The zero-order valence-electron chi connectivity index (χ0n) is 18.9. The minimum Gasteiger partial charge on any atom is -0.343 e. The number of nitrogens with zero attached hydrogens (tertiary/aromatic N) is 3. The summed E-state index contributed by atoms with van der Waals surface area (Å²) in [6.45, 7) is 2.98. The predicted molar refractivity (Wildman–Crippen MR) is 130 cm³/mol. The number of rotatable bonds is 12. The number of aryl methyl sites for hydroxylation is 2. The minimum atomic E-state index is -4.03. The molecular formula is C21H23N3O8S3. The van der Waals surface area contributed by atoms with Gasteiger partial charge in [-0.05, 0) is 49.4 Å². The van der Waals surface area contributed by atoms with Crippen LogP contribution >= 0.6 is 11.3 Å². The molecule has 0 radical (unpaired) electrons. The Bertz CT molecular complexity index is 1290. The van der Waals surface area contributed by atoms with Gasteiger partial charge in [-0.2, -0.15) is 16.8 Å². The van der Waals surface area contributed by atoms with Gasteiger partial charge < -0.3 is 4.90 Å². The topological polar surface area (TPSA) is 146 Å². The maximum atomic E-state index is 12.4. The predicted octanol–water partition coefficient (Wildman–Crippen LogP) is 3.29. The largest absolute Gasteiger partial charge is 0.345 e. The second-order valence-electron chi connectivity index (χ2n) is 7.40. The molecule has 14 heteroatoms. The maximum absolute atomic E-state index is 12.4. The third-order valence-corrected chi connectivity index (χ3v) is 8.41. The Hall–Kier alpha value is -2.91. The van der Waals surface area contributed by atoms with E-state index in [1.165, 1.54) is 29.2 Å². The van der Waals surface area contributed by atoms with Crippen molar-refractivity contribution in [3.05, 3.63) is 76.0 Å². The SMILES string of the molecule is Cc1ccc(S(=O)(=O)OCCN(CCOS(=O)(=O)c2ccc(C)cc2)c2ncc([N+](=O)[O-])s2)cc1. The maximum Gasteiger partial charge on any atom is 0.345 e. The van der Waals surface area contributed by atoms with Crippen LogP contribution in [0.3, 0.4) is 0 Å². The van der Waals surface area contributed by atoms with Gasteiger partial charge in [0.2, 0.25) is 0 Å². The second-order valence-corrected chi connectivity index (χ2v) is 11.6. The van der Waals surface area contributed by atoms with Crippen LogP contribution in [0.25, 0.3) is 0 Å². The summed E-state index contributed by atoms with van der Waals surface area (Å²) in [5, 5.41) is 11.0. The summed E-state index contributed by atoms with van der Waals surface area (Å²) in [4.78, 5) is 15.9. The molecule has 11 nitrogen and oxygen atoms in total. The first kappa shape index (κ1) is 26.7. The summed E-state index contributed by atoms with van der Waals surface area (Å²) in [6, 6.07) is 12.3. The molecule has 2 aromatic carbocycles. The number of aromatic nitrogens is 1. The van der Waals surface area contributed by atoms with Crippen LogP contribution < -0.4 is 4.90 Å². The first-order valence-electron chi connectivity index (χ1n) is 10.3. The molecule has 0 aliphatic rings. The number of anilines is 1. The highest BCUT2D eigenvalue weighted by molar-refractivity contribution is 7.87. The standard InChI is InChI=1S/C21H23N3O8S3/c1-16-3-7-18(8-4-16)34(27,28)31-13-11-23(21-22-15-20(33-21)24(25)26)12-14-32-35(29,30)19-9-5-17(2)6-10-19/h3-10,15H,11-14H2,1-2H3. The van der Waals surface area contributed by atoms with Gasteiger partial charge >= 0.3 is 5.00 Å². The summed E-state index contributed by atoms with van der Waals surface area (Å²) >= 11 is 0.767. The van der Waals surface area contributed by atoms with Crippen LogP contribution in [0, 0.1) is 24.0 Å². The lowest BCUT2D eigenvalue weighted by Crippen LogP contribution is -2.32. The molecule has 0 bridgehead atoms. The van der Waals surface area contributed by atoms with Crippen molar-refractivity contribution in [2.75, 3.05) is 31.2 Å². The Balaban J connectivity index is 1.67. The molecule has 0 unspecified atom stereocenters. The van der Waals surface area contributed by atoms with Crippen molar-refractivity contribution in [1.29, 1.82) is 0 Å². The molecule has 0 amide bonds. The zero-order valence-corrected chi connectivity index (χ0v) is 21.3. The van der Waals surface area contributed by atoms with Gasteiger partial charge in [0.05, 0.1) is 27.9 Å². The molecule has 1 aromatic heterocycles. The molecule has 0 fully saturated rings. The van der Waals surface area contributed by atoms with Crippen LogP contribution in [0.5, 0.6) is 0 Å². The van der Waals surface area contributed by atoms with Crippen LogP contribution in [0.15, 0.2) is 64.5 Å². The fourth-order valence-corrected chi connectivity index (χ4v) is 5.43. The van der Waals surface area contributed by atoms with E-state index in [2.05, 4.69) is 4.98 Å². The first-order valence-corrected chi connectivity index (χ1v) is 13.9. The van der Waals surface area contributed by atoms with Gasteiger partial charge in [-0.1, -0.05) is 35.4 Å². The van der Waals surface area contributed by atoms with Crippen LogP contribution in [0.2, 0.25) is 0 Å². The van der Waals surface area contributed by atoms with Gasteiger partial charge in [0, 0.05) is 13.1 Å². The number of nitro groups is 1. The van der Waals surface area contributed by atoms with Crippen molar-refractivity contribution < 1.29 is 30.1 Å². The van der Waals surface area contributed by atoms with Gasteiger partial charge in [-0.25, -0.2) is 4.98 Å². The molecule has 0 aliphatic carbocycles. The summed E-state index contributed by atoms with van der Waals surface area (Å²) in [7, 11) is -8.05. The Morgan fingerprint density at radius 1 is 0.857 bits per heavy atom. The van der Waals surface area contributed by atoms with E-state index in [0.717, 1.165) is 28.7 Å². The highest BCUT2D eigenvalue weighted by Crippen LogP contribution is 2.28. The summed E-state index contributed by atoms with van der Waals surface area (Å²) in [5.74, 6) is 0. The Kier molecular flexibility index (Phi) is 8.56. The smallest absolute Gasteiger partial charge is 0.343 e. The quantitative estimate of drug-likeness (QED) is 0.190. The van der Waals surface area contributed by atoms with Gasteiger partial charge in [0.15, 0.2) is 5.13 Å². The van der Waals surface area contributed by atoms with Gasteiger partial charge in [-0.15, -0.1) is 0 Å². The average molecular weight is 542 g/mol. The molecule has 0 N–H and O–H groups in total. The molecule has 1 heterocycles. The van der Waals surface area contributed by atoms with Crippen LogP contribution in [-0.2, 0) is 28.6 Å². The van der Waals surface area contributed by atoms with Gasteiger partial charge in [0.1, 0.15) is 6.20 Å². The van der Waals surface area contributed by atoms with E-state index in [1.807, 2.05) is 13.8 Å². The van der Waals surface area contributed by atoms with Crippen molar-refractivity contribution in [3.8, 4) is 0 Å². The molecule has 0 spiro atoms. The molecule has 3 aromatic rings. The van der Waals surface area contributed by atoms with Crippen molar-refractivity contribution >= 4 is 41.7 Å². The Morgan fingerprint density at radius 3 is 1.66 bits per heavy atom. The van der Waals surface area contributed by atoms with Gasteiger partial charge in [0.25, 0.3) is 20.2 Å². The first-order chi connectivity index (χ1) is 16.5. The highest BCUT2D eigenvalue weighted by atomic mass is 32.2. The Labute approximate surface area is 207 Å². The van der Waals surface area contributed by atoms with E-state index in [1.54, 1.807) is 24.3 Å². The number of hydrogen-bond donors (Lipinski definition) is 0. The molecule has 188 valence electrons. The van der Waals surface area contributed by atoms with Crippen molar-refractivity contribution in [2.45, 2.75) is 23.6 Å². The number of benzene rings is 2. The Morgan fingerprint density at radius 2 is 1.29 bits per heavy atom. The lowest BCUT2D eigenvalue weighted by molar-refractivity contribution is -0.380. The van der Waals surface area contributed by atoms with Crippen molar-refractivity contribution in [3.63, 3.8) is 0 Å². The van der Waals surface area contributed by atoms with Gasteiger partial charge in [-0.3, -0.25) is 18.5 Å². The van der Waals surface area contributed by atoms with E-state index in [0.29, 0.717) is 0 Å². The third kappa shape index (κ3) is 7.29. The fraction of sp³-hybridized carbons (Fsp3) is 0.286. The monoisotopic (exact) mass is 541 g/mol. The van der Waals surface area contributed by atoms with E-state index < -0.39 is 25.2 Å². The summed E-state index contributed by atoms with van der Waals surface area (Å²) in [6.07, 6.45) is 1.07. The number of thiazole rings is 1. The van der Waals surface area contributed by atoms with E-state index in [-0.39, 0.29) is 46.2 Å². The lowest BCUT2D eigenvalue weighted by Gasteiger charge is -2.21. The molecule has 35 heavy (non-hydrogen) atoms. The average Bonchev–Trinajstić information content (AvgIpc) is 3.29. The fourth-order valence-electron chi connectivity index (χ4n) is 2.85. The number of hydrogen-bond acceptors (Lipinski definition) is 11. The molecule has 0 saturated heterocycles. The van der Waals surface area contributed by atoms with Crippen LogP contribution in [0.1, 0.15) is 11.1 Å². The second kappa shape index (κ2) is 11.2. The molecule has 3 rings (SSSR count). The summed E-state index contributed by atoms with van der Waals surface area (Å²) in [5.41, 5.74) is 1.78. The van der Waals surface area contributed by atoms with E-state index in [4.69, 9.17) is 8.37 Å². The minimum absolute atomic E-state index is 0.00735. The molecule has 0 saturated carbocycles. The third-order valence-electron chi connectivity index (χ3n) is 4.75. The zero-order chi connectivity index (χ0) is 25.6. The summed E-state index contributed by atoms with van der Waals surface area (Å²) < 4.78 is 59.9. The molecule has 0 aliphatic heterocycles. The molecular weight excluding hydrogens is 518 g/mol. The highest BCUT2D eigenvalue weighted by Gasteiger charge is 2.21. The lowest BCUT2D eigenvalue weighted by atomic mass is 10.2. The van der Waals surface area contributed by atoms with Crippen molar-refractivity contribution in [1.82, 2.24) is 4.98 Å². The molecule has 0 atom stereocenters. The normalized spacial score (nSPS) is 11.9. The van der Waals surface area contributed by atoms with Crippen LogP contribution in [0.4, 0.5) is 10.1 Å². The van der Waals surface area contributed by atoms with Crippen molar-refractivity contribution in [2.24, 2.45) is 0 Å².